The van der Waals surface area contributed by atoms with Crippen molar-refractivity contribution in [3.05, 3.63) is 35.4 Å². The van der Waals surface area contributed by atoms with Gasteiger partial charge in [0, 0.05) is 45.8 Å². The molecule has 0 bridgehead atoms. The summed E-state index contributed by atoms with van der Waals surface area (Å²) < 4.78 is 11.0. The molecule has 8 heteroatoms. The molecule has 0 aromatic heterocycles. The van der Waals surface area contributed by atoms with E-state index in [2.05, 4.69) is 58.5 Å². The number of morpholine rings is 2. The SMILES string of the molecule is CCNC(=NCC(c1ccc(C)cc1)N1CCOCC1)NCCN1CCOCC1.I. The van der Waals surface area contributed by atoms with Crippen molar-refractivity contribution in [3.8, 4) is 0 Å². The van der Waals surface area contributed by atoms with E-state index in [1.165, 1.54) is 11.1 Å². The summed E-state index contributed by atoms with van der Waals surface area (Å²) in [6.45, 7) is 14.9. The molecule has 2 N–H and O–H groups in total. The van der Waals surface area contributed by atoms with Crippen LogP contribution in [0.1, 0.15) is 24.1 Å². The predicted octanol–water partition coefficient (Wildman–Crippen LogP) is 1.87. The maximum Gasteiger partial charge on any atom is 0.191 e. The molecule has 1 aromatic carbocycles. The van der Waals surface area contributed by atoms with E-state index in [0.717, 1.165) is 84.7 Å². The van der Waals surface area contributed by atoms with E-state index in [1.54, 1.807) is 0 Å². The molecule has 0 radical (unpaired) electrons. The predicted molar refractivity (Wildman–Crippen MR) is 133 cm³/mol. The number of rotatable bonds is 8. The summed E-state index contributed by atoms with van der Waals surface area (Å²) >= 11 is 0. The highest BCUT2D eigenvalue weighted by molar-refractivity contribution is 14.0. The molecular weight excluding hydrogens is 493 g/mol. The Kier molecular flexibility index (Phi) is 12.0. The lowest BCUT2D eigenvalue weighted by Crippen LogP contribution is -2.45. The first-order valence-corrected chi connectivity index (χ1v) is 11.0. The van der Waals surface area contributed by atoms with E-state index in [-0.39, 0.29) is 30.0 Å². The third-order valence-corrected chi connectivity index (χ3v) is 5.54. The highest BCUT2D eigenvalue weighted by Crippen LogP contribution is 2.22. The van der Waals surface area contributed by atoms with E-state index in [9.17, 15) is 0 Å². The van der Waals surface area contributed by atoms with Gasteiger partial charge in [-0.1, -0.05) is 29.8 Å². The van der Waals surface area contributed by atoms with E-state index in [1.807, 2.05) is 0 Å². The number of nitrogens with zero attached hydrogens (tertiary/aromatic N) is 3. The van der Waals surface area contributed by atoms with Crippen molar-refractivity contribution in [2.75, 3.05) is 78.8 Å². The van der Waals surface area contributed by atoms with Crippen LogP contribution in [0.4, 0.5) is 0 Å². The molecule has 2 aliphatic rings. The Bertz CT molecular complexity index is 616. The number of nitrogens with one attached hydrogen (secondary N) is 2. The minimum absolute atomic E-state index is 0. The molecule has 2 saturated heterocycles. The zero-order valence-corrected chi connectivity index (χ0v) is 20.8. The standard InChI is InChI=1S/C22H37N5O2.HI/c1-3-23-22(24-8-9-26-10-14-28-15-11-26)25-18-21(27-12-16-29-17-13-27)20-6-4-19(2)5-7-20;/h4-7,21H,3,8-18H2,1-2H3,(H2,23,24,25);1H. The lowest BCUT2D eigenvalue weighted by atomic mass is 10.0. The van der Waals surface area contributed by atoms with Gasteiger partial charge in [0.05, 0.1) is 39.0 Å². The monoisotopic (exact) mass is 531 g/mol. The largest absolute Gasteiger partial charge is 0.379 e. The van der Waals surface area contributed by atoms with Crippen LogP contribution < -0.4 is 10.6 Å². The van der Waals surface area contributed by atoms with Gasteiger partial charge in [0.25, 0.3) is 0 Å². The number of aryl methyl sites for hydroxylation is 1. The van der Waals surface area contributed by atoms with Crippen molar-refractivity contribution in [3.63, 3.8) is 0 Å². The third kappa shape index (κ3) is 8.30. The van der Waals surface area contributed by atoms with Crippen molar-refractivity contribution in [2.45, 2.75) is 19.9 Å². The Labute approximate surface area is 198 Å². The average molecular weight is 531 g/mol. The zero-order valence-electron chi connectivity index (χ0n) is 18.4. The molecule has 1 unspecified atom stereocenters. The van der Waals surface area contributed by atoms with Crippen LogP contribution in [0, 0.1) is 6.92 Å². The molecule has 2 aliphatic heterocycles. The van der Waals surface area contributed by atoms with Crippen molar-refractivity contribution in [1.29, 1.82) is 0 Å². The summed E-state index contributed by atoms with van der Waals surface area (Å²) in [7, 11) is 0. The number of hydrogen-bond donors (Lipinski definition) is 2. The second-order valence-corrected chi connectivity index (χ2v) is 7.68. The van der Waals surface area contributed by atoms with Gasteiger partial charge >= 0.3 is 0 Å². The minimum Gasteiger partial charge on any atom is -0.379 e. The molecule has 170 valence electrons. The van der Waals surface area contributed by atoms with Crippen LogP contribution in [0.25, 0.3) is 0 Å². The average Bonchev–Trinajstić information content (AvgIpc) is 2.76. The van der Waals surface area contributed by atoms with Crippen LogP contribution >= 0.6 is 24.0 Å². The van der Waals surface area contributed by atoms with Crippen molar-refractivity contribution in [1.82, 2.24) is 20.4 Å². The fourth-order valence-electron chi connectivity index (χ4n) is 3.79. The highest BCUT2D eigenvalue weighted by atomic mass is 127. The topological polar surface area (TPSA) is 61.4 Å². The second-order valence-electron chi connectivity index (χ2n) is 7.68. The van der Waals surface area contributed by atoms with Gasteiger partial charge < -0.3 is 20.1 Å². The number of guanidine groups is 1. The molecule has 3 rings (SSSR count). The number of ether oxygens (including phenoxy) is 2. The van der Waals surface area contributed by atoms with Crippen LogP contribution in [0.3, 0.4) is 0 Å². The van der Waals surface area contributed by atoms with Gasteiger partial charge in [-0.25, -0.2) is 0 Å². The Morgan fingerprint density at radius 2 is 1.63 bits per heavy atom. The number of aliphatic imine (C=N–C) groups is 1. The second kappa shape index (κ2) is 14.2. The summed E-state index contributed by atoms with van der Waals surface area (Å²) in [4.78, 5) is 9.87. The Balaban J connectivity index is 0.00000320. The molecule has 7 nitrogen and oxygen atoms in total. The Morgan fingerprint density at radius 3 is 2.27 bits per heavy atom. The molecule has 0 spiro atoms. The molecule has 30 heavy (non-hydrogen) atoms. The van der Waals surface area contributed by atoms with Gasteiger partial charge in [-0.05, 0) is 19.4 Å². The first-order chi connectivity index (χ1) is 14.3. The molecule has 1 atom stereocenters. The molecule has 0 amide bonds. The number of halogens is 1. The summed E-state index contributed by atoms with van der Waals surface area (Å²) in [6.07, 6.45) is 0. The minimum atomic E-state index is 0. The third-order valence-electron chi connectivity index (χ3n) is 5.54. The summed E-state index contributed by atoms with van der Waals surface area (Å²) in [5.74, 6) is 0.895. The van der Waals surface area contributed by atoms with Gasteiger partial charge in [0.1, 0.15) is 0 Å². The van der Waals surface area contributed by atoms with E-state index >= 15 is 0 Å². The molecule has 0 aliphatic carbocycles. The van der Waals surface area contributed by atoms with Crippen LogP contribution in [0.2, 0.25) is 0 Å². The summed E-state index contributed by atoms with van der Waals surface area (Å²) in [6, 6.07) is 9.14. The Morgan fingerprint density at radius 1 is 1.00 bits per heavy atom. The normalized spacial score (nSPS) is 19.7. The summed E-state index contributed by atoms with van der Waals surface area (Å²) in [5, 5.41) is 6.89. The lowest BCUT2D eigenvalue weighted by Gasteiger charge is -2.34. The summed E-state index contributed by atoms with van der Waals surface area (Å²) in [5.41, 5.74) is 2.61. The van der Waals surface area contributed by atoms with Gasteiger partial charge in [-0.15, -0.1) is 24.0 Å². The van der Waals surface area contributed by atoms with Gasteiger partial charge in [0.15, 0.2) is 5.96 Å². The van der Waals surface area contributed by atoms with Crippen LogP contribution in [0.5, 0.6) is 0 Å². The molecule has 2 heterocycles. The van der Waals surface area contributed by atoms with Gasteiger partial charge in [-0.2, -0.15) is 0 Å². The van der Waals surface area contributed by atoms with Crippen molar-refractivity contribution < 1.29 is 9.47 Å². The van der Waals surface area contributed by atoms with E-state index < -0.39 is 0 Å². The maximum atomic E-state index is 5.56. The first kappa shape index (κ1) is 25.3. The van der Waals surface area contributed by atoms with Crippen molar-refractivity contribution in [2.24, 2.45) is 4.99 Å². The number of benzene rings is 1. The number of hydrogen-bond acceptors (Lipinski definition) is 5. The van der Waals surface area contributed by atoms with Gasteiger partial charge in [-0.3, -0.25) is 14.8 Å². The highest BCUT2D eigenvalue weighted by Gasteiger charge is 2.22. The first-order valence-electron chi connectivity index (χ1n) is 11.0. The molecule has 0 saturated carbocycles. The smallest absolute Gasteiger partial charge is 0.191 e. The fourth-order valence-corrected chi connectivity index (χ4v) is 3.79. The van der Waals surface area contributed by atoms with Crippen LogP contribution in [0.15, 0.2) is 29.3 Å². The van der Waals surface area contributed by atoms with Crippen LogP contribution in [-0.2, 0) is 9.47 Å². The molecule has 2 fully saturated rings. The van der Waals surface area contributed by atoms with Gasteiger partial charge in [0.2, 0.25) is 0 Å². The van der Waals surface area contributed by atoms with E-state index in [0.29, 0.717) is 0 Å². The van der Waals surface area contributed by atoms with Crippen molar-refractivity contribution >= 4 is 29.9 Å². The molecular formula is C22H38IN5O2. The fraction of sp³-hybridized carbons (Fsp3) is 0.682. The van der Waals surface area contributed by atoms with E-state index in [4.69, 9.17) is 14.5 Å². The van der Waals surface area contributed by atoms with Crippen LogP contribution in [-0.4, -0.2) is 94.5 Å². The molecule has 1 aromatic rings. The zero-order chi connectivity index (χ0) is 20.3. The lowest BCUT2D eigenvalue weighted by molar-refractivity contribution is 0.0179. The maximum absolute atomic E-state index is 5.56. The quantitative estimate of drug-likeness (QED) is 0.304. The Hall–Kier alpha value is -0.940.